The zero-order valence-electron chi connectivity index (χ0n) is 21.0. The van der Waals surface area contributed by atoms with Gasteiger partial charge in [-0.3, -0.25) is 19.4 Å². The summed E-state index contributed by atoms with van der Waals surface area (Å²) in [6.45, 7) is 6.61. The maximum atomic E-state index is 13.4. The fourth-order valence-electron chi connectivity index (χ4n) is 4.04. The molecule has 1 aliphatic rings. The standard InChI is InChI=1S/C26H34N4O5/c1-6-24(31)28-20-9-10-22-21(12-20)26(33)29(4)15-23(34-5)17(2)14-30(18(3)16-35-22)25(32)19-8-7-11-27-13-19/h7-13,17-18,23H,6,14-16H2,1-5H3,(H,28,31)/t17-,18+,23+/m0/s1. The van der Waals surface area contributed by atoms with Crippen LogP contribution in [0, 0.1) is 5.92 Å². The number of fused-ring (bicyclic) bond motifs is 1. The Balaban J connectivity index is 1.98. The van der Waals surface area contributed by atoms with Crippen LogP contribution in [-0.4, -0.2) is 78.5 Å². The number of benzene rings is 1. The summed E-state index contributed by atoms with van der Waals surface area (Å²) in [5.41, 5.74) is 1.35. The number of likely N-dealkylation sites (N-methyl/N-ethyl adjacent to an activating group) is 1. The second-order valence-corrected chi connectivity index (χ2v) is 8.91. The number of aromatic nitrogens is 1. The van der Waals surface area contributed by atoms with Crippen molar-refractivity contribution in [3.8, 4) is 5.75 Å². The molecule has 0 bridgehead atoms. The van der Waals surface area contributed by atoms with Crippen LogP contribution in [0.2, 0.25) is 0 Å². The van der Waals surface area contributed by atoms with Gasteiger partial charge in [-0.15, -0.1) is 0 Å². The Kier molecular flexibility index (Phi) is 8.81. The molecule has 3 amide bonds. The topological polar surface area (TPSA) is 101 Å². The molecule has 2 aromatic rings. The van der Waals surface area contributed by atoms with Crippen molar-refractivity contribution < 1.29 is 23.9 Å². The van der Waals surface area contributed by atoms with Gasteiger partial charge in [-0.1, -0.05) is 13.8 Å². The van der Waals surface area contributed by atoms with Crippen molar-refractivity contribution in [2.45, 2.75) is 39.3 Å². The molecule has 188 valence electrons. The first-order valence-electron chi connectivity index (χ1n) is 11.8. The lowest BCUT2D eigenvalue weighted by Crippen LogP contribution is -2.48. The lowest BCUT2D eigenvalue weighted by molar-refractivity contribution is -0.115. The zero-order chi connectivity index (χ0) is 25.5. The predicted octanol–water partition coefficient (Wildman–Crippen LogP) is 3.08. The van der Waals surface area contributed by atoms with Crippen LogP contribution in [0.3, 0.4) is 0 Å². The van der Waals surface area contributed by atoms with E-state index >= 15 is 0 Å². The fraction of sp³-hybridized carbons (Fsp3) is 0.462. The van der Waals surface area contributed by atoms with E-state index < -0.39 is 0 Å². The highest BCUT2D eigenvalue weighted by Crippen LogP contribution is 2.27. The van der Waals surface area contributed by atoms with E-state index in [4.69, 9.17) is 9.47 Å². The lowest BCUT2D eigenvalue weighted by atomic mass is 10.0. The quantitative estimate of drug-likeness (QED) is 0.719. The molecule has 3 rings (SSSR count). The second kappa shape index (κ2) is 11.8. The minimum absolute atomic E-state index is 0.0626. The molecule has 0 unspecified atom stereocenters. The Hall–Kier alpha value is -3.46. The second-order valence-electron chi connectivity index (χ2n) is 8.91. The maximum Gasteiger partial charge on any atom is 0.257 e. The third kappa shape index (κ3) is 6.36. The minimum Gasteiger partial charge on any atom is -0.491 e. The van der Waals surface area contributed by atoms with Crippen LogP contribution in [0.25, 0.3) is 0 Å². The molecule has 0 saturated heterocycles. The van der Waals surface area contributed by atoms with Crippen LogP contribution < -0.4 is 10.1 Å². The number of nitrogens with zero attached hydrogens (tertiary/aromatic N) is 3. The van der Waals surface area contributed by atoms with Crippen molar-refractivity contribution in [3.05, 3.63) is 53.9 Å². The van der Waals surface area contributed by atoms with E-state index in [9.17, 15) is 14.4 Å². The Morgan fingerprint density at radius 3 is 2.66 bits per heavy atom. The van der Waals surface area contributed by atoms with Gasteiger partial charge >= 0.3 is 0 Å². The van der Waals surface area contributed by atoms with Gasteiger partial charge in [0.05, 0.1) is 23.3 Å². The fourth-order valence-corrected chi connectivity index (χ4v) is 4.04. The van der Waals surface area contributed by atoms with Crippen molar-refractivity contribution in [2.24, 2.45) is 5.92 Å². The van der Waals surface area contributed by atoms with Crippen LogP contribution >= 0.6 is 0 Å². The average Bonchev–Trinajstić information content (AvgIpc) is 2.88. The van der Waals surface area contributed by atoms with Crippen molar-refractivity contribution in [1.82, 2.24) is 14.8 Å². The van der Waals surface area contributed by atoms with E-state index in [0.717, 1.165) is 0 Å². The first kappa shape index (κ1) is 26.2. The summed E-state index contributed by atoms with van der Waals surface area (Å²) in [4.78, 5) is 46.1. The number of nitrogens with one attached hydrogen (secondary N) is 1. The summed E-state index contributed by atoms with van der Waals surface area (Å²) in [6.07, 6.45) is 3.21. The van der Waals surface area contributed by atoms with Gasteiger partial charge in [-0.25, -0.2) is 0 Å². The van der Waals surface area contributed by atoms with E-state index in [0.29, 0.717) is 42.1 Å². The first-order valence-corrected chi connectivity index (χ1v) is 11.8. The van der Waals surface area contributed by atoms with Gasteiger partial charge in [0.2, 0.25) is 5.91 Å². The van der Waals surface area contributed by atoms with Crippen LogP contribution in [-0.2, 0) is 9.53 Å². The van der Waals surface area contributed by atoms with E-state index in [1.54, 1.807) is 73.6 Å². The normalized spacial score (nSPS) is 21.3. The molecular formula is C26H34N4O5. The smallest absolute Gasteiger partial charge is 0.257 e. The maximum absolute atomic E-state index is 13.4. The molecule has 0 spiro atoms. The number of rotatable bonds is 4. The highest BCUT2D eigenvalue weighted by molar-refractivity contribution is 5.99. The summed E-state index contributed by atoms with van der Waals surface area (Å²) >= 11 is 0. The van der Waals surface area contributed by atoms with Crippen molar-refractivity contribution in [3.63, 3.8) is 0 Å². The van der Waals surface area contributed by atoms with Gasteiger partial charge in [0.1, 0.15) is 12.4 Å². The number of pyridine rings is 1. The summed E-state index contributed by atoms with van der Waals surface area (Å²) < 4.78 is 11.8. The molecule has 1 N–H and O–H groups in total. The average molecular weight is 483 g/mol. The molecule has 35 heavy (non-hydrogen) atoms. The lowest BCUT2D eigenvalue weighted by Gasteiger charge is -2.36. The van der Waals surface area contributed by atoms with Crippen LogP contribution in [0.1, 0.15) is 47.9 Å². The Morgan fingerprint density at radius 1 is 1.23 bits per heavy atom. The summed E-state index contributed by atoms with van der Waals surface area (Å²) in [5, 5.41) is 2.79. The minimum atomic E-state index is -0.299. The predicted molar refractivity (Wildman–Crippen MR) is 133 cm³/mol. The molecule has 1 aromatic carbocycles. The van der Waals surface area contributed by atoms with Crippen LogP contribution in [0.4, 0.5) is 5.69 Å². The summed E-state index contributed by atoms with van der Waals surface area (Å²) in [5.74, 6) is -0.202. The van der Waals surface area contributed by atoms with Gasteiger partial charge in [0.15, 0.2) is 0 Å². The van der Waals surface area contributed by atoms with Crippen LogP contribution in [0.15, 0.2) is 42.7 Å². The Morgan fingerprint density at radius 2 is 2.00 bits per heavy atom. The third-order valence-corrected chi connectivity index (χ3v) is 6.22. The van der Waals surface area contributed by atoms with E-state index in [2.05, 4.69) is 10.3 Å². The van der Waals surface area contributed by atoms with Gasteiger partial charge in [-0.05, 0) is 37.3 Å². The molecule has 1 aromatic heterocycles. The van der Waals surface area contributed by atoms with Crippen molar-refractivity contribution in [2.75, 3.05) is 39.2 Å². The van der Waals surface area contributed by atoms with Crippen molar-refractivity contribution in [1.29, 1.82) is 0 Å². The molecule has 0 saturated carbocycles. The molecule has 3 atom stereocenters. The summed E-state index contributed by atoms with van der Waals surface area (Å²) in [7, 11) is 3.31. The molecule has 0 radical (unpaired) electrons. The summed E-state index contributed by atoms with van der Waals surface area (Å²) in [6, 6.07) is 8.19. The first-order chi connectivity index (χ1) is 16.7. The molecule has 0 aliphatic carbocycles. The van der Waals surface area contributed by atoms with Gasteiger partial charge < -0.3 is 24.6 Å². The van der Waals surface area contributed by atoms with Crippen LogP contribution in [0.5, 0.6) is 5.75 Å². The molecular weight excluding hydrogens is 448 g/mol. The number of ether oxygens (including phenoxy) is 2. The molecule has 0 fully saturated rings. The van der Waals surface area contributed by atoms with Gasteiger partial charge in [0.25, 0.3) is 11.8 Å². The number of hydrogen-bond donors (Lipinski definition) is 1. The monoisotopic (exact) mass is 482 g/mol. The molecule has 9 nitrogen and oxygen atoms in total. The third-order valence-electron chi connectivity index (χ3n) is 6.22. The molecule has 1 aliphatic heterocycles. The number of amides is 3. The number of anilines is 1. The van der Waals surface area contributed by atoms with Gasteiger partial charge in [0, 0.05) is 57.7 Å². The molecule has 2 heterocycles. The number of carbonyl (C=O) groups is 3. The van der Waals surface area contributed by atoms with E-state index in [1.807, 2.05) is 13.8 Å². The Bertz CT molecular complexity index is 1050. The molecule has 9 heteroatoms. The number of carbonyl (C=O) groups excluding carboxylic acids is 3. The zero-order valence-corrected chi connectivity index (χ0v) is 21.0. The highest BCUT2D eigenvalue weighted by atomic mass is 16.5. The SMILES string of the molecule is CCC(=O)Nc1ccc2c(c1)C(=O)N(C)C[C@@H](OC)[C@@H](C)CN(C(=O)c1cccnc1)[C@H](C)CO2. The number of hydrogen-bond acceptors (Lipinski definition) is 6. The largest absolute Gasteiger partial charge is 0.491 e. The van der Waals surface area contributed by atoms with E-state index in [-0.39, 0.29) is 42.4 Å². The van der Waals surface area contributed by atoms with Gasteiger partial charge in [-0.2, -0.15) is 0 Å². The Labute approximate surface area is 206 Å². The van der Waals surface area contributed by atoms with E-state index in [1.165, 1.54) is 0 Å². The number of methoxy groups -OCH3 is 1. The van der Waals surface area contributed by atoms with Crippen molar-refractivity contribution >= 4 is 23.4 Å². The highest BCUT2D eigenvalue weighted by Gasteiger charge is 2.31.